The lowest BCUT2D eigenvalue weighted by atomic mass is 10.2. The van der Waals surface area contributed by atoms with Crippen LogP contribution in [0.1, 0.15) is 10.4 Å². The van der Waals surface area contributed by atoms with E-state index in [0.29, 0.717) is 11.3 Å². The number of halogens is 2. The fourth-order valence-electron chi connectivity index (χ4n) is 3.34. The van der Waals surface area contributed by atoms with Gasteiger partial charge in [-0.3, -0.25) is 9.78 Å². The molecule has 1 fully saturated rings. The summed E-state index contributed by atoms with van der Waals surface area (Å²) in [6, 6.07) is 13.9. The first-order valence-corrected chi connectivity index (χ1v) is 9.36. The van der Waals surface area contributed by atoms with Gasteiger partial charge in [-0.15, -0.1) is 0 Å². The Morgan fingerprint density at radius 1 is 0.793 bits per heavy atom. The molecular formula is C22H20F2N4O. The Kier molecular flexibility index (Phi) is 5.37. The van der Waals surface area contributed by atoms with Gasteiger partial charge < -0.3 is 15.1 Å². The predicted octanol–water partition coefficient (Wildman–Crippen LogP) is 3.94. The number of carbonyl (C=O) groups excluding carboxylic acids is 1. The second kappa shape index (κ2) is 8.26. The number of carbonyl (C=O) groups is 1. The van der Waals surface area contributed by atoms with Crippen LogP contribution >= 0.6 is 0 Å². The molecule has 148 valence electrons. The fraction of sp³-hybridized carbons (Fsp3) is 0.182. The third kappa shape index (κ3) is 4.51. The van der Waals surface area contributed by atoms with Gasteiger partial charge in [0.15, 0.2) is 0 Å². The molecule has 2 aromatic carbocycles. The summed E-state index contributed by atoms with van der Waals surface area (Å²) in [4.78, 5) is 21.1. The Labute approximate surface area is 167 Å². The van der Waals surface area contributed by atoms with Gasteiger partial charge in [0.05, 0.1) is 17.4 Å². The first-order valence-electron chi connectivity index (χ1n) is 9.36. The molecule has 0 bridgehead atoms. The Balaban J connectivity index is 1.40. The number of piperazine rings is 1. The van der Waals surface area contributed by atoms with E-state index in [4.69, 9.17) is 0 Å². The van der Waals surface area contributed by atoms with Crippen molar-refractivity contribution in [2.75, 3.05) is 41.3 Å². The summed E-state index contributed by atoms with van der Waals surface area (Å²) in [7, 11) is 0. The van der Waals surface area contributed by atoms with Gasteiger partial charge in [-0.25, -0.2) is 8.78 Å². The highest BCUT2D eigenvalue weighted by molar-refractivity contribution is 6.04. The summed E-state index contributed by atoms with van der Waals surface area (Å²) >= 11 is 0. The van der Waals surface area contributed by atoms with Crippen LogP contribution in [0.5, 0.6) is 0 Å². The van der Waals surface area contributed by atoms with Crippen molar-refractivity contribution in [3.63, 3.8) is 0 Å². The largest absolute Gasteiger partial charge is 0.368 e. The molecule has 3 aromatic rings. The van der Waals surface area contributed by atoms with Crippen molar-refractivity contribution in [2.45, 2.75) is 0 Å². The number of hydrogen-bond donors (Lipinski definition) is 1. The molecule has 0 radical (unpaired) electrons. The first-order chi connectivity index (χ1) is 14.1. The molecule has 4 rings (SSSR count). The van der Waals surface area contributed by atoms with Crippen LogP contribution in [0.4, 0.5) is 25.8 Å². The van der Waals surface area contributed by atoms with Crippen LogP contribution in [-0.2, 0) is 0 Å². The van der Waals surface area contributed by atoms with E-state index in [1.165, 1.54) is 42.6 Å². The van der Waals surface area contributed by atoms with Gasteiger partial charge in [0.1, 0.15) is 11.6 Å². The van der Waals surface area contributed by atoms with Crippen molar-refractivity contribution in [3.8, 4) is 0 Å². The van der Waals surface area contributed by atoms with Crippen molar-refractivity contribution in [1.29, 1.82) is 0 Å². The molecule has 5 nitrogen and oxygen atoms in total. The molecule has 0 aliphatic carbocycles. The van der Waals surface area contributed by atoms with Crippen LogP contribution in [0.15, 0.2) is 67.0 Å². The number of aromatic nitrogens is 1. The number of rotatable bonds is 4. The highest BCUT2D eigenvalue weighted by Crippen LogP contribution is 2.21. The third-order valence-corrected chi connectivity index (χ3v) is 4.92. The SMILES string of the molecule is O=C(Nc1ccc(F)cc1)c1cncc(N2CCN(c3ccc(F)cc3)CC2)c1. The molecule has 7 heteroatoms. The van der Waals surface area contributed by atoms with Gasteiger partial charge in [0.2, 0.25) is 0 Å². The maximum absolute atomic E-state index is 13.1. The minimum Gasteiger partial charge on any atom is -0.368 e. The maximum atomic E-state index is 13.1. The zero-order valence-electron chi connectivity index (χ0n) is 15.7. The lowest BCUT2D eigenvalue weighted by Gasteiger charge is -2.37. The second-order valence-electron chi connectivity index (χ2n) is 6.84. The number of nitrogens with zero attached hydrogens (tertiary/aromatic N) is 3. The van der Waals surface area contributed by atoms with Gasteiger partial charge >= 0.3 is 0 Å². The third-order valence-electron chi connectivity index (χ3n) is 4.92. The summed E-state index contributed by atoms with van der Waals surface area (Å²) in [5, 5.41) is 2.75. The molecule has 0 unspecified atom stereocenters. The standard InChI is InChI=1S/C22H20F2N4O/c23-17-1-5-19(6-2-17)26-22(29)16-13-21(15-25-14-16)28-11-9-27(10-12-28)20-7-3-18(24)4-8-20/h1-8,13-15H,9-12H2,(H,26,29). The summed E-state index contributed by atoms with van der Waals surface area (Å²) in [6.45, 7) is 3.11. The molecule has 29 heavy (non-hydrogen) atoms. The van der Waals surface area contributed by atoms with Crippen LogP contribution in [0, 0.1) is 11.6 Å². The normalized spacial score (nSPS) is 14.0. The number of benzene rings is 2. The predicted molar refractivity (Wildman–Crippen MR) is 109 cm³/mol. The molecule has 1 amide bonds. The van der Waals surface area contributed by atoms with E-state index >= 15 is 0 Å². The lowest BCUT2D eigenvalue weighted by Crippen LogP contribution is -2.46. The van der Waals surface area contributed by atoms with E-state index in [0.717, 1.165) is 37.6 Å². The maximum Gasteiger partial charge on any atom is 0.257 e. The van der Waals surface area contributed by atoms with Crippen LogP contribution in [0.2, 0.25) is 0 Å². The Morgan fingerprint density at radius 3 is 1.97 bits per heavy atom. The molecule has 1 aromatic heterocycles. The molecule has 2 heterocycles. The Morgan fingerprint density at radius 2 is 1.34 bits per heavy atom. The molecular weight excluding hydrogens is 374 g/mol. The van der Waals surface area contributed by atoms with Crippen LogP contribution in [-0.4, -0.2) is 37.1 Å². The van der Waals surface area contributed by atoms with Gasteiger partial charge in [-0.05, 0) is 54.6 Å². The second-order valence-corrected chi connectivity index (χ2v) is 6.84. The molecule has 1 saturated heterocycles. The number of anilines is 3. The van der Waals surface area contributed by atoms with Crippen molar-refractivity contribution >= 4 is 23.0 Å². The smallest absolute Gasteiger partial charge is 0.257 e. The van der Waals surface area contributed by atoms with E-state index < -0.39 is 0 Å². The van der Waals surface area contributed by atoms with Gasteiger partial charge in [0, 0.05) is 43.8 Å². The molecule has 0 atom stereocenters. The van der Waals surface area contributed by atoms with Crippen molar-refractivity contribution in [2.24, 2.45) is 0 Å². The zero-order chi connectivity index (χ0) is 20.2. The molecule has 0 spiro atoms. The highest BCUT2D eigenvalue weighted by atomic mass is 19.1. The molecule has 0 saturated carbocycles. The number of hydrogen-bond acceptors (Lipinski definition) is 4. The van der Waals surface area contributed by atoms with E-state index in [1.54, 1.807) is 24.4 Å². The van der Waals surface area contributed by atoms with E-state index in [-0.39, 0.29) is 17.5 Å². The quantitative estimate of drug-likeness (QED) is 0.728. The number of nitrogens with one attached hydrogen (secondary N) is 1. The average Bonchev–Trinajstić information content (AvgIpc) is 2.76. The first kappa shape index (κ1) is 18.9. The summed E-state index contributed by atoms with van der Waals surface area (Å²) in [6.07, 6.45) is 3.25. The molecule has 1 aliphatic rings. The van der Waals surface area contributed by atoms with Gasteiger partial charge in [-0.1, -0.05) is 0 Å². The van der Waals surface area contributed by atoms with Crippen LogP contribution < -0.4 is 15.1 Å². The summed E-state index contributed by atoms with van der Waals surface area (Å²) in [5.41, 5.74) is 2.83. The van der Waals surface area contributed by atoms with Crippen LogP contribution in [0.25, 0.3) is 0 Å². The average molecular weight is 394 g/mol. The van der Waals surface area contributed by atoms with E-state index in [1.807, 2.05) is 0 Å². The van der Waals surface area contributed by atoms with E-state index in [2.05, 4.69) is 20.1 Å². The lowest BCUT2D eigenvalue weighted by molar-refractivity contribution is 0.102. The monoisotopic (exact) mass is 394 g/mol. The zero-order valence-corrected chi connectivity index (χ0v) is 15.7. The number of pyridine rings is 1. The van der Waals surface area contributed by atoms with Crippen molar-refractivity contribution in [1.82, 2.24) is 4.98 Å². The van der Waals surface area contributed by atoms with Gasteiger partial charge in [0.25, 0.3) is 5.91 Å². The summed E-state index contributed by atoms with van der Waals surface area (Å²) in [5.74, 6) is -0.892. The minimum absolute atomic E-state index is 0.241. The van der Waals surface area contributed by atoms with Crippen molar-refractivity contribution in [3.05, 3.63) is 84.2 Å². The highest BCUT2D eigenvalue weighted by Gasteiger charge is 2.19. The molecule has 1 N–H and O–H groups in total. The molecule has 1 aliphatic heterocycles. The minimum atomic E-state index is -0.355. The van der Waals surface area contributed by atoms with Gasteiger partial charge in [-0.2, -0.15) is 0 Å². The van der Waals surface area contributed by atoms with Crippen molar-refractivity contribution < 1.29 is 13.6 Å². The van der Waals surface area contributed by atoms with E-state index in [9.17, 15) is 13.6 Å². The topological polar surface area (TPSA) is 48.5 Å². The Bertz CT molecular complexity index is 984. The fourth-order valence-corrected chi connectivity index (χ4v) is 3.34. The Hall–Kier alpha value is -3.48. The number of amides is 1. The summed E-state index contributed by atoms with van der Waals surface area (Å²) < 4.78 is 26.1. The van der Waals surface area contributed by atoms with Crippen LogP contribution in [0.3, 0.4) is 0 Å².